The Kier molecular flexibility index (Phi) is 45.9. The Bertz CT molecular complexity index is 1350. The van der Waals surface area contributed by atoms with E-state index in [0.29, 0.717) is 6.42 Å². The van der Waals surface area contributed by atoms with Gasteiger partial charge >= 0.3 is 10.4 Å². The van der Waals surface area contributed by atoms with Crippen LogP contribution < -0.4 is 5.32 Å². The van der Waals surface area contributed by atoms with E-state index < -0.39 is 59.9 Å². The minimum absolute atomic E-state index is 0.263. The lowest BCUT2D eigenvalue weighted by Gasteiger charge is -2.41. The van der Waals surface area contributed by atoms with Crippen molar-refractivity contribution >= 4 is 16.3 Å². The summed E-state index contributed by atoms with van der Waals surface area (Å²) in [7, 11) is -5.09. The van der Waals surface area contributed by atoms with Crippen LogP contribution in [0.4, 0.5) is 0 Å². The van der Waals surface area contributed by atoms with E-state index >= 15 is 0 Å². The molecule has 0 radical (unpaired) electrons. The molecule has 0 aromatic heterocycles. The number of aliphatic hydroxyl groups is 4. The first-order valence-corrected chi connectivity index (χ1v) is 31.1. The third kappa shape index (κ3) is 40.6. The molecule has 0 spiro atoms. The molecule has 0 aromatic rings. The van der Waals surface area contributed by atoms with Crippen molar-refractivity contribution in [2.75, 3.05) is 13.2 Å². The number of rotatable bonds is 52. The van der Waals surface area contributed by atoms with E-state index in [1.807, 2.05) is 6.08 Å². The average molecular weight is 1030 g/mol. The number of unbranched alkanes of at least 4 members (excludes halogenated alkanes) is 38. The molecule has 0 bridgehead atoms. The molecule has 6 N–H and O–H groups in total. The number of hydrogen-bond donors (Lipinski definition) is 6. The van der Waals surface area contributed by atoms with Crippen LogP contribution in [0.3, 0.4) is 0 Å². The maximum Gasteiger partial charge on any atom is 0.397 e. The molecular formula is C58H111NO11S. The molecule has 420 valence electrons. The van der Waals surface area contributed by atoms with E-state index in [1.54, 1.807) is 6.08 Å². The van der Waals surface area contributed by atoms with Crippen LogP contribution in [-0.2, 0) is 28.9 Å². The Morgan fingerprint density at radius 2 is 0.901 bits per heavy atom. The van der Waals surface area contributed by atoms with Crippen LogP contribution in [0.15, 0.2) is 24.3 Å². The predicted octanol–water partition coefficient (Wildman–Crippen LogP) is 14.0. The van der Waals surface area contributed by atoms with Crippen molar-refractivity contribution in [2.45, 2.75) is 326 Å². The highest BCUT2D eigenvalue weighted by molar-refractivity contribution is 7.80. The van der Waals surface area contributed by atoms with E-state index in [2.05, 4.69) is 35.5 Å². The summed E-state index contributed by atoms with van der Waals surface area (Å²) < 4.78 is 47.9. The number of amides is 1. The molecule has 13 heteroatoms. The number of nitrogens with one attached hydrogen (secondary N) is 1. The fourth-order valence-electron chi connectivity index (χ4n) is 9.63. The fraction of sp³-hybridized carbons (Fsp3) is 0.914. The number of carbonyl (C=O) groups is 1. The van der Waals surface area contributed by atoms with E-state index in [9.17, 15) is 38.2 Å². The van der Waals surface area contributed by atoms with Gasteiger partial charge in [-0.3, -0.25) is 9.35 Å². The number of aliphatic hydroxyl groups excluding tert-OH is 4. The van der Waals surface area contributed by atoms with Crippen molar-refractivity contribution in [2.24, 2.45) is 0 Å². The highest BCUT2D eigenvalue weighted by Gasteiger charge is 2.48. The Balaban J connectivity index is 2.37. The first kappa shape index (κ1) is 67.6. The van der Waals surface area contributed by atoms with Crippen molar-refractivity contribution in [1.82, 2.24) is 5.32 Å². The topological polar surface area (TPSA) is 192 Å². The summed E-state index contributed by atoms with van der Waals surface area (Å²) >= 11 is 0. The highest BCUT2D eigenvalue weighted by Crippen LogP contribution is 2.26. The van der Waals surface area contributed by atoms with E-state index in [-0.39, 0.29) is 18.9 Å². The van der Waals surface area contributed by atoms with Crippen LogP contribution >= 0.6 is 0 Å². The van der Waals surface area contributed by atoms with Crippen LogP contribution in [0.25, 0.3) is 0 Å². The van der Waals surface area contributed by atoms with Gasteiger partial charge in [-0.2, -0.15) is 8.42 Å². The number of carbonyl (C=O) groups excluding carboxylic acids is 1. The van der Waals surface area contributed by atoms with Gasteiger partial charge in [-0.15, -0.1) is 0 Å². The molecular weight excluding hydrogens is 919 g/mol. The first-order chi connectivity index (χ1) is 34.5. The minimum atomic E-state index is -5.09. The fourth-order valence-corrected chi connectivity index (χ4v) is 10.1. The summed E-state index contributed by atoms with van der Waals surface area (Å²) in [6.07, 6.45) is 50.8. The second kappa shape index (κ2) is 48.2. The summed E-state index contributed by atoms with van der Waals surface area (Å²) in [4.78, 5) is 13.1. The van der Waals surface area contributed by atoms with Gasteiger partial charge in [-0.1, -0.05) is 256 Å². The molecule has 1 fully saturated rings. The number of hydrogen-bond acceptors (Lipinski definition) is 10. The molecule has 0 aliphatic carbocycles. The lowest BCUT2D eigenvalue weighted by molar-refractivity contribution is -0.298. The standard InChI is InChI=1S/C58H111NO11S/c1-3-5-7-9-11-13-15-17-19-21-23-25-26-28-29-31-33-35-37-39-41-43-45-47-52(61)51(50-68-58-56(64)57(70-71(65,66)67)55(63)53(49-60)69-58)59-54(62)48-46-44-42-40-38-36-34-32-30-27-24-22-20-18-16-14-12-10-8-6-4-2/h27,30,45,47,51-53,55-58,60-61,63-64H,3-26,28-29,31-44,46,48-50H2,1-2H3,(H,59,62)(H,65,66,67)/b30-27-,47-45+. The molecule has 1 heterocycles. The van der Waals surface area contributed by atoms with Gasteiger partial charge in [0.1, 0.15) is 24.4 Å². The maximum absolute atomic E-state index is 13.1. The molecule has 12 nitrogen and oxygen atoms in total. The lowest BCUT2D eigenvalue weighted by atomic mass is 9.99. The zero-order valence-electron chi connectivity index (χ0n) is 45.6. The quantitative estimate of drug-likeness (QED) is 0.0193. The second-order valence-electron chi connectivity index (χ2n) is 20.9. The van der Waals surface area contributed by atoms with Gasteiger partial charge in [0.15, 0.2) is 6.29 Å². The summed E-state index contributed by atoms with van der Waals surface area (Å²) in [5, 5.41) is 45.0. The van der Waals surface area contributed by atoms with Crippen molar-refractivity contribution in [3.8, 4) is 0 Å². The Morgan fingerprint density at radius 1 is 0.549 bits per heavy atom. The van der Waals surface area contributed by atoms with Crippen molar-refractivity contribution in [3.63, 3.8) is 0 Å². The molecule has 71 heavy (non-hydrogen) atoms. The third-order valence-corrected chi connectivity index (χ3v) is 14.7. The molecule has 1 saturated heterocycles. The molecule has 1 amide bonds. The van der Waals surface area contributed by atoms with E-state index in [0.717, 1.165) is 44.9 Å². The smallest absolute Gasteiger partial charge is 0.394 e. The average Bonchev–Trinajstić information content (AvgIpc) is 3.34. The van der Waals surface area contributed by atoms with Crippen molar-refractivity contribution in [1.29, 1.82) is 0 Å². The maximum atomic E-state index is 13.1. The van der Waals surface area contributed by atoms with Gasteiger partial charge in [-0.05, 0) is 44.9 Å². The summed E-state index contributed by atoms with van der Waals surface area (Å²) in [6.45, 7) is 3.43. The third-order valence-electron chi connectivity index (χ3n) is 14.2. The zero-order chi connectivity index (χ0) is 51.9. The first-order valence-electron chi connectivity index (χ1n) is 29.7. The summed E-state index contributed by atoms with van der Waals surface area (Å²) in [5.41, 5.74) is 0. The molecule has 7 unspecified atom stereocenters. The molecule has 7 atom stereocenters. The molecule has 1 rings (SSSR count). The van der Waals surface area contributed by atoms with Crippen LogP contribution in [-0.4, -0.2) is 95.4 Å². The Morgan fingerprint density at radius 3 is 1.27 bits per heavy atom. The van der Waals surface area contributed by atoms with Gasteiger partial charge < -0.3 is 35.2 Å². The Hall–Kier alpha value is -1.42. The van der Waals surface area contributed by atoms with Crippen molar-refractivity contribution < 1.29 is 51.8 Å². The SMILES string of the molecule is CCCCCCCCCCCC/C=C\CCCCCCCCCC(=O)NC(COC1OC(CO)C(O)C(OS(=O)(=O)O)C1O)C(O)/C=C/CCCCCCCCCCCCCCCCCCCCCCC. The summed E-state index contributed by atoms with van der Waals surface area (Å²) in [5.74, 6) is -0.263. The van der Waals surface area contributed by atoms with Crippen molar-refractivity contribution in [3.05, 3.63) is 24.3 Å². The minimum Gasteiger partial charge on any atom is -0.394 e. The van der Waals surface area contributed by atoms with Gasteiger partial charge in [0, 0.05) is 6.42 Å². The monoisotopic (exact) mass is 1030 g/mol. The van der Waals surface area contributed by atoms with Crippen LogP contribution in [0.5, 0.6) is 0 Å². The van der Waals surface area contributed by atoms with Gasteiger partial charge in [0.25, 0.3) is 0 Å². The van der Waals surface area contributed by atoms with Crippen LogP contribution in [0.2, 0.25) is 0 Å². The summed E-state index contributed by atoms with van der Waals surface area (Å²) in [6, 6.07) is -0.946. The van der Waals surface area contributed by atoms with E-state index in [1.165, 1.54) is 212 Å². The Labute approximate surface area is 435 Å². The molecule has 1 aliphatic rings. The second-order valence-corrected chi connectivity index (χ2v) is 22.0. The predicted molar refractivity (Wildman–Crippen MR) is 292 cm³/mol. The van der Waals surface area contributed by atoms with Crippen LogP contribution in [0, 0.1) is 0 Å². The van der Waals surface area contributed by atoms with Gasteiger partial charge in [-0.25, -0.2) is 4.18 Å². The zero-order valence-corrected chi connectivity index (χ0v) is 46.4. The normalized spacial score (nSPS) is 19.6. The number of allylic oxidation sites excluding steroid dienone is 3. The van der Waals surface area contributed by atoms with Crippen LogP contribution in [0.1, 0.15) is 284 Å². The van der Waals surface area contributed by atoms with Gasteiger partial charge in [0.2, 0.25) is 5.91 Å². The molecule has 0 aromatic carbocycles. The van der Waals surface area contributed by atoms with E-state index in [4.69, 9.17) is 9.47 Å². The highest BCUT2D eigenvalue weighted by atomic mass is 32.3. The number of ether oxygens (including phenoxy) is 2. The largest absolute Gasteiger partial charge is 0.397 e. The molecule has 1 aliphatic heterocycles. The van der Waals surface area contributed by atoms with Gasteiger partial charge in [0.05, 0.1) is 25.4 Å². The lowest BCUT2D eigenvalue weighted by Crippen LogP contribution is -2.61. The molecule has 0 saturated carbocycles.